The average molecular weight is 259 g/mol. The van der Waals surface area contributed by atoms with Crippen LogP contribution in [0.15, 0.2) is 30.3 Å². The molecule has 1 rings (SSSR count). The van der Waals surface area contributed by atoms with Crippen LogP contribution in [0.2, 0.25) is 0 Å². The number of benzene rings is 1. The summed E-state index contributed by atoms with van der Waals surface area (Å²) in [6.45, 7) is -0.353. The average Bonchev–Trinajstić information content (AvgIpc) is 2.27. The third-order valence-electron chi connectivity index (χ3n) is 1.71. The number of nitrogens with zero attached hydrogens (tertiary/aromatic N) is 2. The number of hydrazine groups is 1. The van der Waals surface area contributed by atoms with Crippen molar-refractivity contribution >= 4 is 5.91 Å². The lowest BCUT2D eigenvalue weighted by atomic mass is 10.2. The summed E-state index contributed by atoms with van der Waals surface area (Å²) in [5.74, 6) is -1.25. The van der Waals surface area contributed by atoms with E-state index >= 15 is 0 Å². The summed E-state index contributed by atoms with van der Waals surface area (Å²) in [6, 6.07) is 9.15. The Morgan fingerprint density at radius 1 is 1.39 bits per heavy atom. The Labute approximate surface area is 100 Å². The molecule has 0 unspecified atom stereocenters. The van der Waals surface area contributed by atoms with Crippen molar-refractivity contribution in [1.29, 1.82) is 5.26 Å². The molecule has 0 aromatic heterocycles. The van der Waals surface area contributed by atoms with Crippen LogP contribution in [0.3, 0.4) is 0 Å². The molecule has 0 spiro atoms. The van der Waals surface area contributed by atoms with Gasteiger partial charge >= 0.3 is 12.3 Å². The first-order valence-electron chi connectivity index (χ1n) is 4.69. The molecule has 0 aliphatic heterocycles. The SMILES string of the molecule is N#CC(=O)NN(Cc1ccccc1)OC(F)(F)F. The van der Waals surface area contributed by atoms with Crippen LogP contribution in [-0.2, 0) is 16.2 Å². The maximum absolute atomic E-state index is 12.1. The van der Waals surface area contributed by atoms with Gasteiger partial charge in [0.25, 0.3) is 0 Å². The van der Waals surface area contributed by atoms with E-state index in [4.69, 9.17) is 5.26 Å². The fourth-order valence-corrected chi connectivity index (χ4v) is 1.11. The van der Waals surface area contributed by atoms with E-state index in [1.54, 1.807) is 35.8 Å². The number of rotatable bonds is 4. The van der Waals surface area contributed by atoms with Gasteiger partial charge in [0.05, 0.1) is 6.54 Å². The number of carbonyl (C=O) groups is 1. The Morgan fingerprint density at radius 2 is 2.00 bits per heavy atom. The minimum Gasteiger partial charge on any atom is -0.256 e. The first kappa shape index (κ1) is 14.0. The number of hydrogen-bond donors (Lipinski definition) is 1. The highest BCUT2D eigenvalue weighted by Crippen LogP contribution is 2.18. The van der Waals surface area contributed by atoms with Crippen molar-refractivity contribution in [1.82, 2.24) is 10.6 Å². The van der Waals surface area contributed by atoms with Gasteiger partial charge in [0.2, 0.25) is 0 Å². The fourth-order valence-electron chi connectivity index (χ4n) is 1.11. The number of halogens is 3. The highest BCUT2D eigenvalue weighted by Gasteiger charge is 2.34. The molecule has 18 heavy (non-hydrogen) atoms. The molecule has 0 saturated carbocycles. The van der Waals surface area contributed by atoms with Crippen LogP contribution in [0.5, 0.6) is 0 Å². The Morgan fingerprint density at radius 3 is 2.50 bits per heavy atom. The topological polar surface area (TPSA) is 65.4 Å². The predicted molar refractivity (Wildman–Crippen MR) is 52.9 cm³/mol. The highest BCUT2D eigenvalue weighted by atomic mass is 19.4. The number of alkyl halides is 3. The molecule has 0 saturated heterocycles. The van der Waals surface area contributed by atoms with Crippen molar-refractivity contribution in [3.05, 3.63) is 35.9 Å². The van der Waals surface area contributed by atoms with Crippen molar-refractivity contribution in [3.63, 3.8) is 0 Å². The second kappa shape index (κ2) is 6.00. The van der Waals surface area contributed by atoms with Gasteiger partial charge in [0.15, 0.2) is 6.07 Å². The molecule has 1 aromatic rings. The van der Waals surface area contributed by atoms with E-state index in [2.05, 4.69) is 4.84 Å². The molecule has 96 valence electrons. The van der Waals surface area contributed by atoms with Crippen molar-refractivity contribution < 1.29 is 22.8 Å². The van der Waals surface area contributed by atoms with Crippen molar-refractivity contribution in [2.24, 2.45) is 0 Å². The minimum absolute atomic E-state index is 0.154. The molecule has 5 nitrogen and oxygen atoms in total. The summed E-state index contributed by atoms with van der Waals surface area (Å²) in [7, 11) is 0. The lowest BCUT2D eigenvalue weighted by Crippen LogP contribution is -2.44. The molecule has 1 amide bonds. The fraction of sp³-hybridized carbons (Fsp3) is 0.200. The van der Waals surface area contributed by atoms with Gasteiger partial charge in [-0.25, -0.2) is 0 Å². The Balaban J connectivity index is 2.72. The van der Waals surface area contributed by atoms with Crippen LogP contribution in [0.25, 0.3) is 0 Å². The van der Waals surface area contributed by atoms with Crippen LogP contribution in [0.1, 0.15) is 5.56 Å². The molecule has 0 bridgehead atoms. The molecule has 0 aliphatic carbocycles. The van der Waals surface area contributed by atoms with Crippen LogP contribution in [0.4, 0.5) is 13.2 Å². The highest BCUT2D eigenvalue weighted by molar-refractivity contribution is 5.90. The minimum atomic E-state index is -4.96. The van der Waals surface area contributed by atoms with Crippen LogP contribution in [-0.4, -0.2) is 17.4 Å². The smallest absolute Gasteiger partial charge is 0.256 e. The molecule has 0 radical (unpaired) electrons. The van der Waals surface area contributed by atoms with Crippen LogP contribution >= 0.6 is 0 Å². The zero-order valence-electron chi connectivity index (χ0n) is 8.94. The molecule has 8 heteroatoms. The number of nitriles is 1. The van der Waals surface area contributed by atoms with E-state index in [1.807, 2.05) is 0 Å². The third kappa shape index (κ3) is 5.29. The number of hydroxylamine groups is 1. The second-order valence-electron chi connectivity index (χ2n) is 3.11. The summed E-state index contributed by atoms with van der Waals surface area (Å²) in [5.41, 5.74) is 2.13. The summed E-state index contributed by atoms with van der Waals surface area (Å²) in [4.78, 5) is 14.3. The Bertz CT molecular complexity index is 442. The summed E-state index contributed by atoms with van der Waals surface area (Å²) < 4.78 is 36.2. The summed E-state index contributed by atoms with van der Waals surface area (Å²) in [5, 5.41) is 8.38. The molecular formula is C10H8F3N3O2. The second-order valence-corrected chi connectivity index (χ2v) is 3.11. The summed E-state index contributed by atoms with van der Waals surface area (Å²) in [6.07, 6.45) is -4.96. The quantitative estimate of drug-likeness (QED) is 0.657. The number of nitrogens with one attached hydrogen (secondary N) is 1. The maximum Gasteiger partial charge on any atom is 0.540 e. The molecule has 1 aromatic carbocycles. The standard InChI is InChI=1S/C10H8F3N3O2/c11-10(12,13)18-16(15-9(17)6-14)7-8-4-2-1-3-5-8/h1-5H,7H2,(H,15,17). The van der Waals surface area contributed by atoms with Crippen molar-refractivity contribution in [2.45, 2.75) is 12.9 Å². The van der Waals surface area contributed by atoms with Crippen LogP contribution in [0, 0.1) is 11.3 Å². The lowest BCUT2D eigenvalue weighted by molar-refractivity contribution is -0.426. The third-order valence-corrected chi connectivity index (χ3v) is 1.71. The van der Waals surface area contributed by atoms with Gasteiger partial charge in [0.1, 0.15) is 0 Å². The van der Waals surface area contributed by atoms with E-state index in [0.717, 1.165) is 6.07 Å². The molecule has 0 atom stereocenters. The van der Waals surface area contributed by atoms with E-state index in [-0.39, 0.29) is 11.7 Å². The van der Waals surface area contributed by atoms with Crippen LogP contribution < -0.4 is 5.43 Å². The van der Waals surface area contributed by atoms with Crippen molar-refractivity contribution in [2.75, 3.05) is 0 Å². The van der Waals surface area contributed by atoms with Gasteiger partial charge in [-0.1, -0.05) is 35.5 Å². The van der Waals surface area contributed by atoms with Gasteiger partial charge in [-0.3, -0.25) is 10.2 Å². The number of hydrogen-bond acceptors (Lipinski definition) is 4. The predicted octanol–water partition coefficient (Wildman–Crippen LogP) is 1.49. The van der Waals surface area contributed by atoms with E-state index in [9.17, 15) is 18.0 Å². The number of amides is 1. The van der Waals surface area contributed by atoms with E-state index in [1.165, 1.54) is 0 Å². The van der Waals surface area contributed by atoms with Gasteiger partial charge < -0.3 is 0 Å². The van der Waals surface area contributed by atoms with Gasteiger partial charge in [-0.05, 0) is 5.56 Å². The van der Waals surface area contributed by atoms with Gasteiger partial charge in [0, 0.05) is 0 Å². The van der Waals surface area contributed by atoms with Crippen molar-refractivity contribution in [3.8, 4) is 6.07 Å². The van der Waals surface area contributed by atoms with E-state index in [0.29, 0.717) is 5.56 Å². The Hall–Kier alpha value is -2.11. The maximum atomic E-state index is 12.1. The Kier molecular flexibility index (Phi) is 4.65. The summed E-state index contributed by atoms with van der Waals surface area (Å²) >= 11 is 0. The van der Waals surface area contributed by atoms with E-state index < -0.39 is 12.3 Å². The lowest BCUT2D eigenvalue weighted by Gasteiger charge is -2.21. The normalized spacial score (nSPS) is 11.1. The monoisotopic (exact) mass is 259 g/mol. The molecule has 0 aliphatic rings. The molecule has 1 N–H and O–H groups in total. The molecule has 0 heterocycles. The molecular weight excluding hydrogens is 251 g/mol. The largest absolute Gasteiger partial charge is 0.540 e. The van der Waals surface area contributed by atoms with Gasteiger partial charge in [-0.2, -0.15) is 10.1 Å². The first-order valence-corrected chi connectivity index (χ1v) is 4.69. The van der Waals surface area contributed by atoms with Gasteiger partial charge in [-0.15, -0.1) is 13.2 Å². The first-order chi connectivity index (χ1) is 8.40. The molecule has 0 fully saturated rings. The number of carbonyl (C=O) groups excluding carboxylic acids is 1. The zero-order valence-corrected chi connectivity index (χ0v) is 8.94. The zero-order chi connectivity index (χ0) is 13.6.